The molecule has 0 atom stereocenters. The summed E-state index contributed by atoms with van der Waals surface area (Å²) in [5, 5.41) is 9.24. The van der Waals surface area contributed by atoms with Gasteiger partial charge >= 0.3 is 0 Å². The summed E-state index contributed by atoms with van der Waals surface area (Å²) in [6, 6.07) is 5.50. The molecule has 0 saturated heterocycles. The van der Waals surface area contributed by atoms with Crippen molar-refractivity contribution in [1.82, 2.24) is 0 Å². The van der Waals surface area contributed by atoms with Gasteiger partial charge in [-0.15, -0.1) is 0 Å². The molecule has 1 aromatic rings. The van der Waals surface area contributed by atoms with Crippen molar-refractivity contribution in [2.45, 2.75) is 4.90 Å². The SMILES string of the molecule is Oc1cccc2c1NSS2. The molecule has 0 aromatic heterocycles. The smallest absolute Gasteiger partial charge is 0.140 e. The quantitative estimate of drug-likeness (QED) is 0.357. The molecule has 52 valence electrons. The van der Waals surface area contributed by atoms with Gasteiger partial charge in [-0.05, 0) is 22.9 Å². The Balaban J connectivity index is 2.59. The van der Waals surface area contributed by atoms with Crippen LogP contribution in [0.25, 0.3) is 0 Å². The maximum absolute atomic E-state index is 9.24. The summed E-state index contributed by atoms with van der Waals surface area (Å²) in [5.74, 6) is 0.329. The Morgan fingerprint density at radius 2 is 2.30 bits per heavy atom. The molecular weight excluding hydrogens is 166 g/mol. The van der Waals surface area contributed by atoms with Gasteiger partial charge in [-0.2, -0.15) is 0 Å². The first-order valence-corrected chi connectivity index (χ1v) is 4.94. The number of phenols is 1. The topological polar surface area (TPSA) is 32.3 Å². The molecule has 0 unspecified atom stereocenters. The van der Waals surface area contributed by atoms with Crippen LogP contribution in [0.15, 0.2) is 23.1 Å². The molecule has 0 saturated carbocycles. The summed E-state index contributed by atoms with van der Waals surface area (Å²) in [6.07, 6.45) is 0. The molecule has 2 nitrogen and oxygen atoms in total. The van der Waals surface area contributed by atoms with Crippen molar-refractivity contribution in [3.05, 3.63) is 18.2 Å². The average Bonchev–Trinajstić information content (AvgIpc) is 2.36. The highest BCUT2D eigenvalue weighted by molar-refractivity contribution is 8.77. The molecule has 0 fully saturated rings. The maximum atomic E-state index is 9.24. The van der Waals surface area contributed by atoms with Crippen LogP contribution in [0.4, 0.5) is 5.69 Å². The number of phenolic OH excluding ortho intramolecular Hbond substituents is 1. The third-order valence-electron chi connectivity index (χ3n) is 1.28. The van der Waals surface area contributed by atoms with Crippen LogP contribution < -0.4 is 4.72 Å². The molecule has 10 heavy (non-hydrogen) atoms. The van der Waals surface area contributed by atoms with E-state index in [1.807, 2.05) is 12.1 Å². The number of hydrogen-bond donors (Lipinski definition) is 2. The van der Waals surface area contributed by atoms with Crippen molar-refractivity contribution < 1.29 is 5.11 Å². The lowest BCUT2D eigenvalue weighted by Crippen LogP contribution is -1.78. The second kappa shape index (κ2) is 2.29. The number of hydrogen-bond acceptors (Lipinski definition) is 4. The third kappa shape index (κ3) is 0.839. The fourth-order valence-electron chi connectivity index (χ4n) is 0.799. The van der Waals surface area contributed by atoms with Crippen LogP contribution >= 0.6 is 21.8 Å². The van der Waals surface area contributed by atoms with E-state index in [9.17, 15) is 5.11 Å². The summed E-state index contributed by atoms with van der Waals surface area (Å²) in [4.78, 5) is 1.10. The second-order valence-corrected chi connectivity index (χ2v) is 3.90. The first-order valence-electron chi connectivity index (χ1n) is 2.79. The molecule has 1 aliphatic rings. The number of benzene rings is 1. The minimum Gasteiger partial charge on any atom is -0.506 e. The van der Waals surface area contributed by atoms with E-state index in [0.29, 0.717) is 5.75 Å². The second-order valence-electron chi connectivity index (χ2n) is 1.92. The highest BCUT2D eigenvalue weighted by Crippen LogP contribution is 2.48. The maximum Gasteiger partial charge on any atom is 0.140 e. The predicted octanol–water partition coefficient (Wildman–Crippen LogP) is 2.47. The third-order valence-corrected chi connectivity index (χ3v) is 3.21. The Bertz CT molecular complexity index is 264. The van der Waals surface area contributed by atoms with Gasteiger partial charge < -0.3 is 9.83 Å². The molecule has 0 bridgehead atoms. The van der Waals surface area contributed by atoms with Gasteiger partial charge in [-0.1, -0.05) is 6.07 Å². The molecule has 1 heterocycles. The van der Waals surface area contributed by atoms with E-state index >= 15 is 0 Å². The van der Waals surface area contributed by atoms with E-state index < -0.39 is 0 Å². The summed E-state index contributed by atoms with van der Waals surface area (Å²) < 4.78 is 3.00. The molecule has 0 radical (unpaired) electrons. The largest absolute Gasteiger partial charge is 0.506 e. The van der Waals surface area contributed by atoms with Gasteiger partial charge in [0.25, 0.3) is 0 Å². The first-order chi connectivity index (χ1) is 4.88. The summed E-state index contributed by atoms with van der Waals surface area (Å²) in [6.45, 7) is 0. The number of rotatable bonds is 0. The Morgan fingerprint density at radius 1 is 1.40 bits per heavy atom. The predicted molar refractivity (Wildman–Crippen MR) is 45.2 cm³/mol. The Hall–Kier alpha value is -0.480. The number of nitrogens with one attached hydrogen (secondary N) is 1. The van der Waals surface area contributed by atoms with E-state index in [-0.39, 0.29) is 0 Å². The highest BCUT2D eigenvalue weighted by Gasteiger charge is 2.14. The van der Waals surface area contributed by atoms with Gasteiger partial charge in [0.2, 0.25) is 0 Å². The fourth-order valence-corrected chi connectivity index (χ4v) is 2.73. The van der Waals surface area contributed by atoms with Gasteiger partial charge in [0.1, 0.15) is 11.4 Å². The Labute approximate surface area is 66.6 Å². The van der Waals surface area contributed by atoms with E-state index in [0.717, 1.165) is 10.6 Å². The van der Waals surface area contributed by atoms with Crippen LogP contribution in [0.5, 0.6) is 5.75 Å². The lowest BCUT2D eigenvalue weighted by molar-refractivity contribution is 0.477. The molecule has 0 aliphatic carbocycles. The lowest BCUT2D eigenvalue weighted by Gasteiger charge is -1.97. The van der Waals surface area contributed by atoms with Gasteiger partial charge in [0.15, 0.2) is 0 Å². The normalized spacial score (nSPS) is 14.4. The van der Waals surface area contributed by atoms with Crippen LogP contribution in [0.2, 0.25) is 0 Å². The average molecular weight is 171 g/mol. The molecule has 2 N–H and O–H groups in total. The van der Waals surface area contributed by atoms with Crippen molar-refractivity contribution >= 4 is 27.5 Å². The van der Waals surface area contributed by atoms with Gasteiger partial charge in [0, 0.05) is 15.9 Å². The number of anilines is 1. The van der Waals surface area contributed by atoms with Crippen molar-refractivity contribution in [2.75, 3.05) is 4.72 Å². The molecule has 4 heteroatoms. The Morgan fingerprint density at radius 3 is 3.10 bits per heavy atom. The summed E-state index contributed by atoms with van der Waals surface area (Å²) >= 11 is 0. The van der Waals surface area contributed by atoms with E-state index in [1.165, 1.54) is 11.0 Å². The molecule has 2 rings (SSSR count). The van der Waals surface area contributed by atoms with E-state index in [1.54, 1.807) is 16.9 Å². The van der Waals surface area contributed by atoms with E-state index in [4.69, 9.17) is 0 Å². The summed E-state index contributed by atoms with van der Waals surface area (Å²) in [5.41, 5.74) is 0.845. The molecule has 0 spiro atoms. The Kier molecular flexibility index (Phi) is 1.43. The molecular formula is C6H5NOS2. The van der Waals surface area contributed by atoms with Crippen LogP contribution in [0.3, 0.4) is 0 Å². The monoisotopic (exact) mass is 171 g/mol. The van der Waals surface area contributed by atoms with Crippen molar-refractivity contribution in [3.8, 4) is 5.75 Å². The van der Waals surface area contributed by atoms with E-state index in [2.05, 4.69) is 4.72 Å². The van der Waals surface area contributed by atoms with Crippen molar-refractivity contribution in [2.24, 2.45) is 0 Å². The van der Waals surface area contributed by atoms with Gasteiger partial charge in [0.05, 0.1) is 0 Å². The van der Waals surface area contributed by atoms with Crippen LogP contribution in [0, 0.1) is 0 Å². The lowest BCUT2D eigenvalue weighted by atomic mass is 10.3. The zero-order chi connectivity index (χ0) is 6.97. The first kappa shape index (κ1) is 6.24. The van der Waals surface area contributed by atoms with Crippen LogP contribution in [-0.4, -0.2) is 5.11 Å². The van der Waals surface area contributed by atoms with Crippen molar-refractivity contribution in [3.63, 3.8) is 0 Å². The minimum absolute atomic E-state index is 0.329. The standard InChI is InChI=1S/C6H5NOS2/c8-4-2-1-3-5-6(4)7-10-9-5/h1-3,7-8H. The molecule has 1 aromatic carbocycles. The number of aromatic hydroxyl groups is 1. The zero-order valence-corrected chi connectivity index (χ0v) is 6.63. The molecule has 0 amide bonds. The molecule has 1 aliphatic heterocycles. The minimum atomic E-state index is 0.329. The fraction of sp³-hybridized carbons (Fsp3) is 0. The van der Waals surface area contributed by atoms with Crippen LogP contribution in [0.1, 0.15) is 0 Å². The van der Waals surface area contributed by atoms with Gasteiger partial charge in [-0.3, -0.25) is 0 Å². The number of fused-ring (bicyclic) bond motifs is 1. The van der Waals surface area contributed by atoms with Crippen molar-refractivity contribution in [1.29, 1.82) is 0 Å². The zero-order valence-electron chi connectivity index (χ0n) is 5.00. The highest BCUT2D eigenvalue weighted by atomic mass is 33.1. The van der Waals surface area contributed by atoms with Crippen LogP contribution in [-0.2, 0) is 0 Å². The van der Waals surface area contributed by atoms with Gasteiger partial charge in [-0.25, -0.2) is 0 Å². The summed E-state index contributed by atoms with van der Waals surface area (Å²) in [7, 11) is 3.15. The number of para-hydroxylation sites is 1.